The van der Waals surface area contributed by atoms with Gasteiger partial charge in [0.15, 0.2) is 0 Å². The molecule has 146 valence electrons. The summed E-state index contributed by atoms with van der Waals surface area (Å²) in [5.41, 5.74) is 0.916. The van der Waals surface area contributed by atoms with Gasteiger partial charge in [-0.2, -0.15) is 0 Å². The van der Waals surface area contributed by atoms with Crippen LogP contribution >= 0.6 is 0 Å². The van der Waals surface area contributed by atoms with E-state index in [-0.39, 0.29) is 28.7 Å². The Morgan fingerprint density at radius 3 is 2.48 bits per heavy atom. The highest BCUT2D eigenvalue weighted by atomic mass is 32.2. The van der Waals surface area contributed by atoms with Crippen LogP contribution in [0.2, 0.25) is 0 Å². The number of rotatable bonds is 9. The second-order valence-corrected chi connectivity index (χ2v) is 8.16. The lowest BCUT2D eigenvalue weighted by Crippen LogP contribution is -2.28. The maximum atomic E-state index is 12.9. The van der Waals surface area contributed by atoms with Crippen LogP contribution in [-0.2, 0) is 16.6 Å². The molecule has 27 heavy (non-hydrogen) atoms. The van der Waals surface area contributed by atoms with E-state index in [2.05, 4.69) is 10.0 Å². The van der Waals surface area contributed by atoms with Crippen molar-refractivity contribution in [2.45, 2.75) is 17.9 Å². The normalized spacial score (nSPS) is 11.6. The number of sulfonamides is 1. The Morgan fingerprint density at radius 2 is 1.81 bits per heavy atom. The number of hydrogen-bond acceptors (Lipinski definition) is 4. The average molecular weight is 393 g/mol. The van der Waals surface area contributed by atoms with Crippen molar-refractivity contribution < 1.29 is 17.6 Å². The van der Waals surface area contributed by atoms with E-state index < -0.39 is 10.0 Å². The summed E-state index contributed by atoms with van der Waals surface area (Å²) in [6.07, 6.45) is 0.802. The number of carbonyl (C=O) groups is 1. The first-order chi connectivity index (χ1) is 12.8. The molecule has 0 radical (unpaired) electrons. The summed E-state index contributed by atoms with van der Waals surface area (Å²) in [5.74, 6) is -0.699. The molecular weight excluding hydrogens is 369 g/mol. The number of carbonyl (C=O) groups excluding carboxylic acids is 1. The Labute approximate surface area is 159 Å². The van der Waals surface area contributed by atoms with Crippen molar-refractivity contribution in [3.8, 4) is 0 Å². The Bertz CT molecular complexity index is 868. The molecule has 0 atom stereocenters. The second-order valence-electron chi connectivity index (χ2n) is 6.39. The van der Waals surface area contributed by atoms with E-state index in [1.807, 2.05) is 19.0 Å². The zero-order valence-corrected chi connectivity index (χ0v) is 16.2. The third-order valence-corrected chi connectivity index (χ3v) is 5.25. The van der Waals surface area contributed by atoms with Gasteiger partial charge in [-0.05, 0) is 63.0 Å². The fourth-order valence-electron chi connectivity index (χ4n) is 2.37. The van der Waals surface area contributed by atoms with Crippen LogP contribution in [0.4, 0.5) is 4.39 Å². The largest absolute Gasteiger partial charge is 0.352 e. The van der Waals surface area contributed by atoms with Gasteiger partial charge < -0.3 is 10.2 Å². The Morgan fingerprint density at radius 1 is 1.11 bits per heavy atom. The number of nitrogens with one attached hydrogen (secondary N) is 2. The van der Waals surface area contributed by atoms with Crippen LogP contribution in [-0.4, -0.2) is 46.4 Å². The molecular formula is C19H24FN3O3S. The number of amides is 1. The molecule has 0 saturated heterocycles. The van der Waals surface area contributed by atoms with E-state index in [9.17, 15) is 17.6 Å². The Kier molecular flexibility index (Phi) is 7.46. The molecule has 0 bridgehead atoms. The molecule has 2 aromatic carbocycles. The molecule has 0 aliphatic carbocycles. The lowest BCUT2D eigenvalue weighted by Gasteiger charge is -2.11. The molecule has 6 nitrogen and oxygen atoms in total. The topological polar surface area (TPSA) is 78.5 Å². The van der Waals surface area contributed by atoms with Crippen molar-refractivity contribution in [1.82, 2.24) is 14.9 Å². The van der Waals surface area contributed by atoms with Gasteiger partial charge in [-0.15, -0.1) is 0 Å². The zero-order chi connectivity index (χ0) is 19.9. The fraction of sp³-hybridized carbons (Fsp3) is 0.316. The second kappa shape index (κ2) is 9.59. The SMILES string of the molecule is CN(C)CCCNC(=O)c1cccc(S(=O)(=O)NCc2ccc(F)cc2)c1. The van der Waals surface area contributed by atoms with Crippen molar-refractivity contribution in [2.24, 2.45) is 0 Å². The van der Waals surface area contributed by atoms with Crippen molar-refractivity contribution in [1.29, 1.82) is 0 Å². The monoisotopic (exact) mass is 393 g/mol. The molecule has 0 aliphatic heterocycles. The Balaban J connectivity index is 1.99. The number of nitrogens with zero attached hydrogens (tertiary/aromatic N) is 1. The van der Waals surface area contributed by atoms with E-state index in [1.165, 1.54) is 42.5 Å². The van der Waals surface area contributed by atoms with E-state index in [0.29, 0.717) is 12.1 Å². The number of hydrogen-bond donors (Lipinski definition) is 2. The van der Waals surface area contributed by atoms with Crippen molar-refractivity contribution in [3.05, 3.63) is 65.5 Å². The van der Waals surface area contributed by atoms with Crippen LogP contribution in [0.1, 0.15) is 22.3 Å². The van der Waals surface area contributed by atoms with Gasteiger partial charge in [0.2, 0.25) is 10.0 Å². The van der Waals surface area contributed by atoms with E-state index in [0.717, 1.165) is 13.0 Å². The maximum absolute atomic E-state index is 12.9. The first kappa shape index (κ1) is 21.0. The summed E-state index contributed by atoms with van der Waals surface area (Å²) in [6.45, 7) is 1.39. The molecule has 0 aromatic heterocycles. The minimum absolute atomic E-state index is 0.00514. The molecule has 0 saturated carbocycles. The molecule has 8 heteroatoms. The molecule has 1 amide bonds. The Hall–Kier alpha value is -2.29. The van der Waals surface area contributed by atoms with Crippen LogP contribution in [0, 0.1) is 5.82 Å². The third-order valence-electron chi connectivity index (χ3n) is 3.85. The highest BCUT2D eigenvalue weighted by Crippen LogP contribution is 2.13. The molecule has 0 unspecified atom stereocenters. The van der Waals surface area contributed by atoms with Crippen LogP contribution in [0.25, 0.3) is 0 Å². The molecule has 0 heterocycles. The van der Waals surface area contributed by atoms with Gasteiger partial charge in [0, 0.05) is 18.7 Å². The van der Waals surface area contributed by atoms with E-state index in [4.69, 9.17) is 0 Å². The molecule has 2 N–H and O–H groups in total. The van der Waals surface area contributed by atoms with Crippen molar-refractivity contribution in [2.75, 3.05) is 27.2 Å². The predicted molar refractivity (Wildman–Crippen MR) is 102 cm³/mol. The van der Waals surface area contributed by atoms with Gasteiger partial charge in [0.05, 0.1) is 4.90 Å². The summed E-state index contributed by atoms with van der Waals surface area (Å²) in [5, 5.41) is 2.78. The van der Waals surface area contributed by atoms with Gasteiger partial charge in [-0.25, -0.2) is 17.5 Å². The van der Waals surface area contributed by atoms with Gasteiger partial charge in [-0.3, -0.25) is 4.79 Å². The average Bonchev–Trinajstić information content (AvgIpc) is 2.64. The highest BCUT2D eigenvalue weighted by molar-refractivity contribution is 7.89. The van der Waals surface area contributed by atoms with Crippen LogP contribution in [0.15, 0.2) is 53.4 Å². The molecule has 2 aromatic rings. The van der Waals surface area contributed by atoms with Crippen LogP contribution in [0.5, 0.6) is 0 Å². The number of halogens is 1. The lowest BCUT2D eigenvalue weighted by atomic mass is 10.2. The van der Waals surface area contributed by atoms with Crippen molar-refractivity contribution >= 4 is 15.9 Å². The standard InChI is InChI=1S/C19H24FN3O3S/c1-23(2)12-4-11-21-19(24)16-5-3-6-18(13-16)27(25,26)22-14-15-7-9-17(20)10-8-15/h3,5-10,13,22H,4,11-12,14H2,1-2H3,(H,21,24). The summed E-state index contributed by atoms with van der Waals surface area (Å²) < 4.78 is 40.3. The smallest absolute Gasteiger partial charge is 0.251 e. The zero-order valence-electron chi connectivity index (χ0n) is 15.4. The first-order valence-corrected chi connectivity index (χ1v) is 10.0. The molecule has 2 rings (SSSR count). The van der Waals surface area contributed by atoms with Gasteiger partial charge >= 0.3 is 0 Å². The number of benzene rings is 2. The molecule has 0 aliphatic rings. The summed E-state index contributed by atoms with van der Waals surface area (Å²) in [6, 6.07) is 11.4. The minimum Gasteiger partial charge on any atom is -0.352 e. The quantitative estimate of drug-likeness (QED) is 0.639. The summed E-state index contributed by atoms with van der Waals surface area (Å²) in [7, 11) is 0.115. The first-order valence-electron chi connectivity index (χ1n) is 8.55. The van der Waals surface area contributed by atoms with E-state index >= 15 is 0 Å². The van der Waals surface area contributed by atoms with Gasteiger partial charge in [-0.1, -0.05) is 18.2 Å². The molecule has 0 spiro atoms. The van der Waals surface area contributed by atoms with Crippen LogP contribution < -0.4 is 10.0 Å². The van der Waals surface area contributed by atoms with Gasteiger partial charge in [0.1, 0.15) is 5.82 Å². The predicted octanol–water partition coefficient (Wildman–Crippen LogP) is 1.99. The lowest BCUT2D eigenvalue weighted by molar-refractivity contribution is 0.0952. The van der Waals surface area contributed by atoms with Gasteiger partial charge in [0.25, 0.3) is 5.91 Å². The summed E-state index contributed by atoms with van der Waals surface area (Å²) >= 11 is 0. The van der Waals surface area contributed by atoms with Crippen LogP contribution in [0.3, 0.4) is 0 Å². The van der Waals surface area contributed by atoms with Crippen molar-refractivity contribution in [3.63, 3.8) is 0 Å². The highest BCUT2D eigenvalue weighted by Gasteiger charge is 2.16. The summed E-state index contributed by atoms with van der Waals surface area (Å²) in [4.78, 5) is 14.2. The van der Waals surface area contributed by atoms with E-state index in [1.54, 1.807) is 6.07 Å². The fourth-order valence-corrected chi connectivity index (χ4v) is 3.43. The maximum Gasteiger partial charge on any atom is 0.251 e. The minimum atomic E-state index is -3.79. The molecule has 0 fully saturated rings. The third kappa shape index (κ3) is 6.74.